The average Bonchev–Trinajstić information content (AvgIpc) is 3.06. The first-order valence-electron chi connectivity index (χ1n) is 8.30. The van der Waals surface area contributed by atoms with Crippen molar-refractivity contribution in [2.75, 3.05) is 5.73 Å². The Bertz CT molecular complexity index is 1110. The van der Waals surface area contributed by atoms with Crippen molar-refractivity contribution in [3.05, 3.63) is 83.7 Å². The number of hydrogen-bond donors (Lipinski definition) is 1. The molecule has 0 saturated heterocycles. The summed E-state index contributed by atoms with van der Waals surface area (Å²) in [5.41, 5.74) is 9.62. The number of para-hydroxylation sites is 1. The standard InChI is InChI=1S/C21H17N3O/c1-24-12-6-10-16(24)18-15-9-4-5-11-17(15)25-21-19(18)13-7-2-3-8-14(13)20(22)23-21/h2-12,18H,1H3,(H2,22,23). The van der Waals surface area contributed by atoms with E-state index in [4.69, 9.17) is 10.5 Å². The summed E-state index contributed by atoms with van der Waals surface area (Å²) in [6, 6.07) is 20.5. The highest BCUT2D eigenvalue weighted by molar-refractivity contribution is 5.96. The van der Waals surface area contributed by atoms with Gasteiger partial charge >= 0.3 is 0 Å². The Morgan fingerprint density at radius 1 is 0.960 bits per heavy atom. The monoisotopic (exact) mass is 327 g/mol. The lowest BCUT2D eigenvalue weighted by Crippen LogP contribution is -2.16. The van der Waals surface area contributed by atoms with E-state index in [2.05, 4.69) is 53.1 Å². The lowest BCUT2D eigenvalue weighted by atomic mass is 9.84. The number of rotatable bonds is 1. The van der Waals surface area contributed by atoms with Crippen LogP contribution in [0.1, 0.15) is 22.7 Å². The van der Waals surface area contributed by atoms with Gasteiger partial charge < -0.3 is 15.0 Å². The maximum atomic E-state index is 6.20. The molecule has 4 aromatic rings. The molecule has 3 heterocycles. The molecule has 2 aromatic carbocycles. The Labute approximate surface area is 145 Å². The smallest absolute Gasteiger partial charge is 0.226 e. The Kier molecular flexibility index (Phi) is 2.88. The van der Waals surface area contributed by atoms with Gasteiger partial charge in [0.2, 0.25) is 5.88 Å². The summed E-state index contributed by atoms with van der Waals surface area (Å²) in [7, 11) is 2.07. The number of aromatic nitrogens is 2. The first-order chi connectivity index (χ1) is 12.2. The first-order valence-corrected chi connectivity index (χ1v) is 8.30. The molecule has 4 nitrogen and oxygen atoms in total. The molecule has 0 aliphatic carbocycles. The summed E-state index contributed by atoms with van der Waals surface area (Å²) in [6.07, 6.45) is 2.07. The second-order valence-corrected chi connectivity index (χ2v) is 6.38. The number of ether oxygens (including phenoxy) is 1. The molecule has 0 fully saturated rings. The SMILES string of the molecule is Cn1cccc1C1c2ccccc2Oc2nc(N)c3ccccc3c21. The van der Waals surface area contributed by atoms with Crippen LogP contribution >= 0.6 is 0 Å². The summed E-state index contributed by atoms with van der Waals surface area (Å²) in [5, 5.41) is 2.05. The number of nitrogen functional groups attached to an aromatic ring is 1. The van der Waals surface area contributed by atoms with E-state index in [1.807, 2.05) is 30.3 Å². The quantitative estimate of drug-likeness (QED) is 0.495. The van der Waals surface area contributed by atoms with Crippen molar-refractivity contribution in [2.45, 2.75) is 5.92 Å². The second-order valence-electron chi connectivity index (χ2n) is 6.38. The summed E-state index contributed by atoms with van der Waals surface area (Å²) in [5.74, 6) is 1.99. The normalized spacial score (nSPS) is 15.5. The van der Waals surface area contributed by atoms with Crippen molar-refractivity contribution in [2.24, 2.45) is 7.05 Å². The van der Waals surface area contributed by atoms with Crippen LogP contribution in [0, 0.1) is 0 Å². The zero-order chi connectivity index (χ0) is 17.0. The topological polar surface area (TPSA) is 53.1 Å². The van der Waals surface area contributed by atoms with Crippen LogP contribution in [-0.4, -0.2) is 9.55 Å². The van der Waals surface area contributed by atoms with Crippen LogP contribution in [0.15, 0.2) is 66.9 Å². The van der Waals surface area contributed by atoms with Crippen LogP contribution in [-0.2, 0) is 7.05 Å². The van der Waals surface area contributed by atoms with E-state index in [9.17, 15) is 0 Å². The van der Waals surface area contributed by atoms with Crippen molar-refractivity contribution in [3.63, 3.8) is 0 Å². The molecule has 0 bridgehead atoms. The molecule has 0 amide bonds. The molecule has 4 heteroatoms. The van der Waals surface area contributed by atoms with Crippen LogP contribution in [0.25, 0.3) is 10.8 Å². The number of benzene rings is 2. The van der Waals surface area contributed by atoms with Gasteiger partial charge in [-0.25, -0.2) is 0 Å². The van der Waals surface area contributed by atoms with Crippen molar-refractivity contribution in [3.8, 4) is 11.6 Å². The summed E-state index contributed by atoms with van der Waals surface area (Å²) in [4.78, 5) is 4.58. The third-order valence-corrected chi connectivity index (χ3v) is 4.95. The van der Waals surface area contributed by atoms with E-state index in [0.717, 1.165) is 27.6 Å². The zero-order valence-electron chi connectivity index (χ0n) is 13.8. The van der Waals surface area contributed by atoms with Gasteiger partial charge in [-0.05, 0) is 23.6 Å². The van der Waals surface area contributed by atoms with E-state index < -0.39 is 0 Å². The van der Waals surface area contributed by atoms with E-state index >= 15 is 0 Å². The number of hydrogen-bond acceptors (Lipinski definition) is 3. The van der Waals surface area contributed by atoms with Gasteiger partial charge in [0, 0.05) is 35.5 Å². The van der Waals surface area contributed by atoms with Crippen molar-refractivity contribution < 1.29 is 4.74 Å². The lowest BCUT2D eigenvalue weighted by Gasteiger charge is -2.29. The summed E-state index contributed by atoms with van der Waals surface area (Å²) < 4.78 is 8.29. The molecule has 25 heavy (non-hydrogen) atoms. The highest BCUT2D eigenvalue weighted by Gasteiger charge is 2.33. The van der Waals surface area contributed by atoms with E-state index in [0.29, 0.717) is 11.7 Å². The molecule has 122 valence electrons. The van der Waals surface area contributed by atoms with Crippen molar-refractivity contribution >= 4 is 16.6 Å². The number of anilines is 1. The number of pyridine rings is 1. The molecular formula is C21H17N3O. The van der Waals surface area contributed by atoms with Crippen molar-refractivity contribution in [1.82, 2.24) is 9.55 Å². The van der Waals surface area contributed by atoms with Crippen LogP contribution in [0.4, 0.5) is 5.82 Å². The zero-order valence-corrected chi connectivity index (χ0v) is 13.8. The molecule has 1 unspecified atom stereocenters. The van der Waals surface area contributed by atoms with Gasteiger partial charge in [0.15, 0.2) is 0 Å². The largest absolute Gasteiger partial charge is 0.438 e. The molecule has 5 rings (SSSR count). The van der Waals surface area contributed by atoms with Gasteiger partial charge in [-0.2, -0.15) is 4.98 Å². The Balaban J connectivity index is 1.91. The third-order valence-electron chi connectivity index (χ3n) is 4.95. The minimum atomic E-state index is 0.0537. The highest BCUT2D eigenvalue weighted by atomic mass is 16.5. The number of nitrogens with zero attached hydrogens (tertiary/aromatic N) is 2. The first kappa shape index (κ1) is 14.1. The Morgan fingerprint density at radius 2 is 1.72 bits per heavy atom. The molecule has 0 radical (unpaired) electrons. The van der Waals surface area contributed by atoms with Crippen LogP contribution < -0.4 is 10.5 Å². The predicted molar refractivity (Wildman–Crippen MR) is 99.0 cm³/mol. The lowest BCUT2D eigenvalue weighted by molar-refractivity contribution is 0.434. The molecular weight excluding hydrogens is 310 g/mol. The maximum Gasteiger partial charge on any atom is 0.226 e. The van der Waals surface area contributed by atoms with Gasteiger partial charge in [0.25, 0.3) is 0 Å². The molecule has 1 aliphatic rings. The fourth-order valence-electron chi connectivity index (χ4n) is 3.80. The molecule has 2 aromatic heterocycles. The highest BCUT2D eigenvalue weighted by Crippen LogP contribution is 2.49. The van der Waals surface area contributed by atoms with Crippen LogP contribution in [0.3, 0.4) is 0 Å². The van der Waals surface area contributed by atoms with E-state index in [1.165, 1.54) is 5.69 Å². The van der Waals surface area contributed by atoms with Crippen LogP contribution in [0.5, 0.6) is 11.6 Å². The fourth-order valence-corrected chi connectivity index (χ4v) is 3.80. The molecule has 1 aliphatic heterocycles. The second kappa shape index (κ2) is 5.11. The minimum absolute atomic E-state index is 0.0537. The summed E-state index contributed by atoms with van der Waals surface area (Å²) >= 11 is 0. The predicted octanol–water partition coefficient (Wildman–Crippen LogP) is 4.44. The van der Waals surface area contributed by atoms with Gasteiger partial charge in [0.1, 0.15) is 11.6 Å². The number of aryl methyl sites for hydroxylation is 1. The fraction of sp³-hybridized carbons (Fsp3) is 0.0952. The molecule has 2 N–H and O–H groups in total. The summed E-state index contributed by atoms with van der Waals surface area (Å²) in [6.45, 7) is 0. The number of fused-ring (bicyclic) bond motifs is 4. The molecule has 0 spiro atoms. The molecule has 0 saturated carbocycles. The minimum Gasteiger partial charge on any atom is -0.438 e. The Hall–Kier alpha value is -3.27. The van der Waals surface area contributed by atoms with Gasteiger partial charge in [-0.1, -0.05) is 42.5 Å². The van der Waals surface area contributed by atoms with Crippen molar-refractivity contribution in [1.29, 1.82) is 0 Å². The number of nitrogens with two attached hydrogens (primary N) is 1. The van der Waals surface area contributed by atoms with E-state index in [-0.39, 0.29) is 5.92 Å². The third kappa shape index (κ3) is 1.97. The van der Waals surface area contributed by atoms with Gasteiger partial charge in [-0.3, -0.25) is 0 Å². The van der Waals surface area contributed by atoms with E-state index in [1.54, 1.807) is 0 Å². The van der Waals surface area contributed by atoms with Gasteiger partial charge in [0.05, 0.1) is 5.92 Å². The maximum absolute atomic E-state index is 6.20. The van der Waals surface area contributed by atoms with Crippen LogP contribution in [0.2, 0.25) is 0 Å². The average molecular weight is 327 g/mol. The Morgan fingerprint density at radius 3 is 2.52 bits per heavy atom. The molecule has 1 atom stereocenters. The van der Waals surface area contributed by atoms with Gasteiger partial charge in [-0.15, -0.1) is 0 Å².